The smallest absolute Gasteiger partial charge is 0.0807 e. The van der Waals surface area contributed by atoms with E-state index in [1.54, 1.807) is 0 Å². The molecule has 0 spiro atoms. The van der Waals surface area contributed by atoms with Crippen molar-refractivity contribution in [3.63, 3.8) is 0 Å². The van der Waals surface area contributed by atoms with Gasteiger partial charge in [-0.3, -0.25) is 0 Å². The molecule has 2 atom stereocenters. The molecule has 0 radical (unpaired) electrons. The number of aliphatic hydroxyl groups is 1. The Kier molecular flexibility index (Phi) is 4.32. The van der Waals surface area contributed by atoms with Crippen LogP contribution in [0.2, 0.25) is 0 Å². The molecule has 0 saturated heterocycles. The van der Waals surface area contributed by atoms with Crippen LogP contribution in [0.1, 0.15) is 30.6 Å². The first-order valence-electron chi connectivity index (χ1n) is 7.43. The van der Waals surface area contributed by atoms with Crippen LogP contribution in [-0.4, -0.2) is 17.7 Å². The maximum absolute atomic E-state index is 10.4. The maximum atomic E-state index is 10.4. The average Bonchev–Trinajstić information content (AvgIpc) is 2.80. The highest BCUT2D eigenvalue weighted by Gasteiger charge is 2.25. The van der Waals surface area contributed by atoms with Crippen molar-refractivity contribution in [1.29, 1.82) is 0 Å². The minimum Gasteiger partial charge on any atom is -0.388 e. The molecule has 0 saturated carbocycles. The fourth-order valence-electron chi connectivity index (χ4n) is 3.11. The van der Waals surface area contributed by atoms with Crippen molar-refractivity contribution in [3.8, 4) is 0 Å². The van der Waals surface area contributed by atoms with Gasteiger partial charge in [-0.1, -0.05) is 46.3 Å². The van der Waals surface area contributed by atoms with Gasteiger partial charge in [0, 0.05) is 22.7 Å². The zero-order chi connectivity index (χ0) is 14.8. The second-order valence-electron chi connectivity index (χ2n) is 5.73. The zero-order valence-electron chi connectivity index (χ0n) is 12.2. The van der Waals surface area contributed by atoms with Crippen molar-refractivity contribution in [2.24, 2.45) is 0 Å². The summed E-state index contributed by atoms with van der Waals surface area (Å²) in [5, 5.41) is 10.4. The molecule has 1 heterocycles. The molecule has 2 aromatic carbocycles. The summed E-state index contributed by atoms with van der Waals surface area (Å²) in [7, 11) is 0. The van der Waals surface area contributed by atoms with Crippen molar-refractivity contribution in [2.45, 2.75) is 31.9 Å². The lowest BCUT2D eigenvalue weighted by Crippen LogP contribution is -2.31. The van der Waals surface area contributed by atoms with E-state index in [4.69, 9.17) is 0 Å². The van der Waals surface area contributed by atoms with Crippen LogP contribution in [0.3, 0.4) is 0 Å². The largest absolute Gasteiger partial charge is 0.388 e. The van der Waals surface area contributed by atoms with Gasteiger partial charge in [0.15, 0.2) is 0 Å². The third-order valence-corrected chi connectivity index (χ3v) is 4.72. The number of fused-ring (bicyclic) bond motifs is 1. The lowest BCUT2D eigenvalue weighted by molar-refractivity contribution is 0.169. The topological polar surface area (TPSA) is 23.5 Å². The first kappa shape index (κ1) is 14.6. The second-order valence-corrected chi connectivity index (χ2v) is 6.65. The molecule has 110 valence electrons. The Hall–Kier alpha value is -1.32. The minimum absolute atomic E-state index is 0.414. The molecule has 0 aliphatic carbocycles. The molecular weight excluding hydrogens is 326 g/mol. The normalized spacial score (nSPS) is 18.6. The number of anilines is 1. The van der Waals surface area contributed by atoms with Gasteiger partial charge in [-0.2, -0.15) is 0 Å². The standard InChI is InChI=1S/C18H20BrNO/c1-13-11-14-5-2-3-8-17(14)20(13)10-9-18(21)15-6-4-7-16(19)12-15/h2-8,12-13,18,21H,9-11H2,1H3. The molecule has 2 unspecified atom stereocenters. The Balaban J connectivity index is 1.68. The fraction of sp³-hybridized carbons (Fsp3) is 0.333. The van der Waals surface area contributed by atoms with Crippen LogP contribution in [0, 0.1) is 0 Å². The van der Waals surface area contributed by atoms with Gasteiger partial charge >= 0.3 is 0 Å². The van der Waals surface area contributed by atoms with E-state index in [0.717, 1.165) is 29.4 Å². The van der Waals surface area contributed by atoms with Crippen LogP contribution >= 0.6 is 15.9 Å². The quantitative estimate of drug-likeness (QED) is 0.891. The van der Waals surface area contributed by atoms with Crippen molar-refractivity contribution in [2.75, 3.05) is 11.4 Å². The second kappa shape index (κ2) is 6.20. The summed E-state index contributed by atoms with van der Waals surface area (Å²) < 4.78 is 1.01. The van der Waals surface area contributed by atoms with E-state index >= 15 is 0 Å². The summed E-state index contributed by atoms with van der Waals surface area (Å²) in [4.78, 5) is 2.41. The molecule has 2 aromatic rings. The van der Waals surface area contributed by atoms with E-state index in [9.17, 15) is 5.11 Å². The highest BCUT2D eigenvalue weighted by Crippen LogP contribution is 2.32. The summed E-state index contributed by atoms with van der Waals surface area (Å²) in [6.07, 6.45) is 1.43. The van der Waals surface area contributed by atoms with Gasteiger partial charge in [0.25, 0.3) is 0 Å². The van der Waals surface area contributed by atoms with Crippen molar-refractivity contribution < 1.29 is 5.11 Å². The Labute approximate surface area is 134 Å². The Morgan fingerprint density at radius 1 is 1.24 bits per heavy atom. The van der Waals surface area contributed by atoms with Crippen LogP contribution in [-0.2, 0) is 6.42 Å². The summed E-state index contributed by atoms with van der Waals surface area (Å²) in [6, 6.07) is 17.0. The molecule has 1 N–H and O–H groups in total. The molecule has 2 nitrogen and oxygen atoms in total. The molecule has 0 amide bonds. The van der Waals surface area contributed by atoms with Crippen molar-refractivity contribution in [3.05, 3.63) is 64.1 Å². The number of rotatable bonds is 4. The molecule has 0 fully saturated rings. The van der Waals surface area contributed by atoms with Crippen molar-refractivity contribution in [1.82, 2.24) is 0 Å². The summed E-state index contributed by atoms with van der Waals surface area (Å²) >= 11 is 3.46. The molecule has 1 aliphatic heterocycles. The van der Waals surface area contributed by atoms with Gasteiger partial charge in [0.05, 0.1) is 6.10 Å². The van der Waals surface area contributed by atoms with Gasteiger partial charge in [0.2, 0.25) is 0 Å². The fourth-order valence-corrected chi connectivity index (χ4v) is 3.53. The Morgan fingerprint density at radius 2 is 2.05 bits per heavy atom. The molecule has 21 heavy (non-hydrogen) atoms. The van der Waals surface area contributed by atoms with E-state index in [1.807, 2.05) is 24.3 Å². The number of nitrogens with zero attached hydrogens (tertiary/aromatic N) is 1. The van der Waals surface area contributed by atoms with Crippen LogP contribution in [0.5, 0.6) is 0 Å². The number of hydrogen-bond donors (Lipinski definition) is 1. The van der Waals surface area contributed by atoms with E-state index < -0.39 is 6.10 Å². The summed E-state index contributed by atoms with van der Waals surface area (Å²) in [6.45, 7) is 3.14. The van der Waals surface area contributed by atoms with Crippen LogP contribution in [0.4, 0.5) is 5.69 Å². The number of aliphatic hydroxyl groups excluding tert-OH is 1. The van der Waals surface area contributed by atoms with Gasteiger partial charge in [-0.25, -0.2) is 0 Å². The molecule has 3 rings (SSSR count). The minimum atomic E-state index is -0.414. The zero-order valence-corrected chi connectivity index (χ0v) is 13.8. The van der Waals surface area contributed by atoms with Gasteiger partial charge < -0.3 is 10.0 Å². The highest BCUT2D eigenvalue weighted by molar-refractivity contribution is 9.10. The first-order chi connectivity index (χ1) is 10.1. The Bertz CT molecular complexity index is 628. The lowest BCUT2D eigenvalue weighted by atomic mass is 10.1. The molecule has 1 aliphatic rings. The molecular formula is C18H20BrNO. The predicted octanol–water partition coefficient (Wildman–Crippen LogP) is 4.32. The third-order valence-electron chi connectivity index (χ3n) is 4.23. The van der Waals surface area contributed by atoms with E-state index in [1.165, 1.54) is 11.3 Å². The van der Waals surface area contributed by atoms with E-state index in [2.05, 4.69) is 52.0 Å². The lowest BCUT2D eigenvalue weighted by Gasteiger charge is -2.26. The number of hydrogen-bond acceptors (Lipinski definition) is 2. The highest BCUT2D eigenvalue weighted by atomic mass is 79.9. The predicted molar refractivity (Wildman–Crippen MR) is 90.7 cm³/mol. The maximum Gasteiger partial charge on any atom is 0.0807 e. The van der Waals surface area contributed by atoms with Gasteiger partial charge in [-0.15, -0.1) is 0 Å². The van der Waals surface area contributed by atoms with Crippen LogP contribution in [0.15, 0.2) is 53.0 Å². The monoisotopic (exact) mass is 345 g/mol. The number of benzene rings is 2. The number of halogens is 1. The number of para-hydroxylation sites is 1. The van der Waals surface area contributed by atoms with Crippen molar-refractivity contribution >= 4 is 21.6 Å². The van der Waals surface area contributed by atoms with E-state index in [-0.39, 0.29) is 0 Å². The summed E-state index contributed by atoms with van der Waals surface area (Å²) in [5.74, 6) is 0. The summed E-state index contributed by atoms with van der Waals surface area (Å²) in [5.41, 5.74) is 3.72. The van der Waals surface area contributed by atoms with E-state index in [0.29, 0.717) is 6.04 Å². The SMILES string of the molecule is CC1Cc2ccccc2N1CCC(O)c1cccc(Br)c1. The third kappa shape index (κ3) is 3.14. The first-order valence-corrected chi connectivity index (χ1v) is 8.22. The van der Waals surface area contributed by atoms with Gasteiger partial charge in [0.1, 0.15) is 0 Å². The Morgan fingerprint density at radius 3 is 2.86 bits per heavy atom. The van der Waals surface area contributed by atoms with Gasteiger partial charge in [-0.05, 0) is 49.1 Å². The molecule has 0 bridgehead atoms. The average molecular weight is 346 g/mol. The van der Waals surface area contributed by atoms with Crippen LogP contribution < -0.4 is 4.90 Å². The molecule has 3 heteroatoms. The van der Waals surface area contributed by atoms with Crippen LogP contribution in [0.25, 0.3) is 0 Å². The molecule has 0 aromatic heterocycles.